The van der Waals surface area contributed by atoms with Crippen LogP contribution in [0, 0.1) is 0 Å². The second kappa shape index (κ2) is 9.12. The second-order valence-electron chi connectivity index (χ2n) is 8.29. The molecule has 2 aromatic carbocycles. The quantitative estimate of drug-likeness (QED) is 0.630. The number of hydrogen-bond donors (Lipinski definition) is 1. The summed E-state index contributed by atoms with van der Waals surface area (Å²) in [6.07, 6.45) is 0.213. The molecule has 9 heteroatoms. The highest BCUT2D eigenvalue weighted by molar-refractivity contribution is 7.95. The lowest BCUT2D eigenvalue weighted by Crippen LogP contribution is -2.41. The van der Waals surface area contributed by atoms with Crippen LogP contribution in [0.3, 0.4) is 0 Å². The van der Waals surface area contributed by atoms with Gasteiger partial charge in [0, 0.05) is 6.42 Å². The van der Waals surface area contributed by atoms with E-state index in [0.717, 1.165) is 0 Å². The number of benzene rings is 2. The molecule has 1 amide bonds. The normalized spacial score (nSPS) is 15.3. The molecular weight excluding hydrogens is 437 g/mol. The molecule has 32 heavy (non-hydrogen) atoms. The number of carbonyl (C=O) groups is 2. The van der Waals surface area contributed by atoms with Gasteiger partial charge in [-0.25, -0.2) is 13.2 Å². The number of halogens is 1. The smallest absolute Gasteiger partial charge is 0.408 e. The van der Waals surface area contributed by atoms with Gasteiger partial charge in [-0.1, -0.05) is 30.3 Å². The van der Waals surface area contributed by atoms with Crippen LogP contribution in [0.5, 0.6) is 5.75 Å². The lowest BCUT2D eigenvalue weighted by Gasteiger charge is -2.21. The predicted octanol–water partition coefficient (Wildman–Crippen LogP) is 3.83. The Morgan fingerprint density at radius 3 is 2.31 bits per heavy atom. The first-order chi connectivity index (χ1) is 15.0. The fourth-order valence-corrected chi connectivity index (χ4v) is 4.62. The number of hydrogen-bond acceptors (Lipinski definition) is 6. The Hall–Kier alpha value is -3.20. The average molecular weight is 462 g/mol. The molecule has 0 saturated carbocycles. The highest BCUT2D eigenvalue weighted by Gasteiger charge is 2.30. The summed E-state index contributed by atoms with van der Waals surface area (Å²) in [5.74, 6) is 0.615. The Balaban J connectivity index is 1.59. The zero-order valence-electron chi connectivity index (χ0n) is 17.9. The Labute approximate surface area is 186 Å². The van der Waals surface area contributed by atoms with Crippen molar-refractivity contribution in [3.05, 3.63) is 64.6 Å². The van der Waals surface area contributed by atoms with Gasteiger partial charge in [0.15, 0.2) is 0 Å². The molecule has 170 valence electrons. The van der Waals surface area contributed by atoms with Crippen molar-refractivity contribution in [2.45, 2.75) is 43.7 Å². The van der Waals surface area contributed by atoms with Crippen LogP contribution >= 0.6 is 0 Å². The molecule has 0 aliphatic carbocycles. The molecule has 2 aromatic rings. The van der Waals surface area contributed by atoms with Gasteiger partial charge < -0.3 is 14.8 Å². The number of carbonyl (C=O) groups excluding carboxylic acids is 2. The number of rotatable bonds is 7. The van der Waals surface area contributed by atoms with Gasteiger partial charge in [0.1, 0.15) is 24.0 Å². The highest BCUT2D eigenvalue weighted by atomic mass is 32.2. The van der Waals surface area contributed by atoms with Crippen molar-refractivity contribution < 1.29 is 31.9 Å². The zero-order valence-corrected chi connectivity index (χ0v) is 18.7. The summed E-state index contributed by atoms with van der Waals surface area (Å²) in [5, 5.41) is 2.15. The van der Waals surface area contributed by atoms with E-state index in [2.05, 4.69) is 5.32 Å². The summed E-state index contributed by atoms with van der Waals surface area (Å²) < 4.78 is 49.1. The van der Waals surface area contributed by atoms with Crippen molar-refractivity contribution >= 4 is 28.0 Å². The molecule has 7 nitrogen and oxygen atoms in total. The molecule has 1 N–H and O–H groups in total. The minimum Gasteiger partial charge on any atom is -0.488 e. The number of ether oxygens (including phenoxy) is 2. The van der Waals surface area contributed by atoms with Crippen molar-refractivity contribution in [3.63, 3.8) is 0 Å². The van der Waals surface area contributed by atoms with Crippen LogP contribution in [0.1, 0.15) is 31.9 Å². The number of fused-ring (bicyclic) bond motifs is 1. The zero-order chi connectivity index (χ0) is 23.5. The molecule has 0 unspecified atom stereocenters. The topological polar surface area (TPSA) is 98.8 Å². The monoisotopic (exact) mass is 461 g/mol. The molecule has 1 heterocycles. The molecule has 0 radical (unpaired) electrons. The van der Waals surface area contributed by atoms with Crippen molar-refractivity contribution in [1.29, 1.82) is 0 Å². The van der Waals surface area contributed by atoms with Gasteiger partial charge in [-0.15, -0.1) is 0 Å². The third kappa shape index (κ3) is 5.73. The molecule has 0 spiro atoms. The molecule has 1 aliphatic heterocycles. The maximum Gasteiger partial charge on any atom is 0.408 e. The first-order valence-corrected chi connectivity index (χ1v) is 11.4. The number of sulfone groups is 1. The van der Waals surface area contributed by atoms with Crippen LogP contribution in [0.2, 0.25) is 0 Å². The van der Waals surface area contributed by atoms with Gasteiger partial charge in [-0.05, 0) is 56.2 Å². The van der Waals surface area contributed by atoms with Gasteiger partial charge in [-0.3, -0.25) is 4.79 Å². The molecule has 0 bridgehead atoms. The van der Waals surface area contributed by atoms with E-state index in [4.69, 9.17) is 9.47 Å². The van der Waals surface area contributed by atoms with E-state index in [1.54, 1.807) is 42.5 Å². The Morgan fingerprint density at radius 1 is 1.06 bits per heavy atom. The van der Waals surface area contributed by atoms with Crippen LogP contribution in [-0.4, -0.2) is 38.8 Å². The van der Waals surface area contributed by atoms with E-state index in [0.29, 0.717) is 16.9 Å². The molecule has 0 saturated heterocycles. The van der Waals surface area contributed by atoms with Gasteiger partial charge in [0.25, 0.3) is 0 Å². The highest BCUT2D eigenvalue weighted by Crippen LogP contribution is 2.32. The van der Waals surface area contributed by atoms with E-state index in [-0.39, 0.29) is 21.8 Å². The standard InChI is InChI=1S/C23H24FNO6S/c1-23(2,3)31-17-10-8-15(9-11-17)12-19(21(24)26)25-22(27)30-14-18-13-16-6-4-5-7-20(16)32(18,28)29/h4-11,13,19H,12,14H2,1-3H3,(H,25,27)/t19-/m0/s1. The van der Waals surface area contributed by atoms with Crippen LogP contribution in [-0.2, 0) is 25.8 Å². The van der Waals surface area contributed by atoms with Crippen LogP contribution < -0.4 is 10.1 Å². The molecule has 0 fully saturated rings. The predicted molar refractivity (Wildman–Crippen MR) is 117 cm³/mol. The van der Waals surface area contributed by atoms with E-state index < -0.39 is 34.6 Å². The Morgan fingerprint density at radius 2 is 1.72 bits per heavy atom. The van der Waals surface area contributed by atoms with Crippen molar-refractivity contribution in [2.75, 3.05) is 6.61 Å². The lowest BCUT2D eigenvalue weighted by molar-refractivity contribution is -0.131. The number of nitrogens with one attached hydrogen (secondary N) is 1. The molecular formula is C23H24FNO6S. The molecule has 0 aromatic heterocycles. The third-order valence-corrected chi connectivity index (χ3v) is 6.45. The molecule has 1 aliphatic rings. The van der Waals surface area contributed by atoms with Gasteiger partial charge >= 0.3 is 12.1 Å². The summed E-state index contributed by atoms with van der Waals surface area (Å²) in [4.78, 5) is 23.5. The fourth-order valence-electron chi connectivity index (χ4n) is 3.15. The maximum atomic E-state index is 13.5. The van der Waals surface area contributed by atoms with Crippen molar-refractivity contribution in [1.82, 2.24) is 5.32 Å². The largest absolute Gasteiger partial charge is 0.488 e. The van der Waals surface area contributed by atoms with E-state index >= 15 is 0 Å². The van der Waals surface area contributed by atoms with Crippen LogP contribution in [0.4, 0.5) is 9.18 Å². The fraction of sp³-hybridized carbons (Fsp3) is 0.304. The molecule has 1 atom stereocenters. The van der Waals surface area contributed by atoms with Gasteiger partial charge in [0.05, 0.1) is 9.80 Å². The number of alkyl carbamates (subject to hydrolysis) is 1. The van der Waals surface area contributed by atoms with Crippen molar-refractivity contribution in [2.24, 2.45) is 0 Å². The Kier molecular flexibility index (Phi) is 6.68. The summed E-state index contributed by atoms with van der Waals surface area (Å²) >= 11 is 0. The lowest BCUT2D eigenvalue weighted by atomic mass is 10.1. The second-order valence-corrected chi connectivity index (χ2v) is 10.3. The van der Waals surface area contributed by atoms with Crippen molar-refractivity contribution in [3.8, 4) is 5.75 Å². The Bertz CT molecular complexity index is 1150. The van der Waals surface area contributed by atoms with E-state index in [1.165, 1.54) is 12.1 Å². The number of amides is 1. The summed E-state index contributed by atoms with van der Waals surface area (Å²) in [7, 11) is -3.75. The van der Waals surface area contributed by atoms with Gasteiger partial charge in [0.2, 0.25) is 9.84 Å². The van der Waals surface area contributed by atoms with E-state index in [9.17, 15) is 22.4 Å². The van der Waals surface area contributed by atoms with Crippen LogP contribution in [0.15, 0.2) is 58.3 Å². The summed E-state index contributed by atoms with van der Waals surface area (Å²) in [6.45, 7) is 5.17. The molecule has 3 rings (SSSR count). The first kappa shape index (κ1) is 23.5. The van der Waals surface area contributed by atoms with Gasteiger partial charge in [-0.2, -0.15) is 4.39 Å². The van der Waals surface area contributed by atoms with Crippen LogP contribution in [0.25, 0.3) is 6.08 Å². The minimum absolute atomic E-state index is 0.0913. The minimum atomic E-state index is -3.75. The maximum absolute atomic E-state index is 13.5. The first-order valence-electron chi connectivity index (χ1n) is 9.91. The average Bonchev–Trinajstić information content (AvgIpc) is 2.96. The SMILES string of the molecule is CC(C)(C)Oc1ccc(C[C@H](NC(=O)OCC2=Cc3ccccc3S2(=O)=O)C(=O)F)cc1. The summed E-state index contributed by atoms with van der Waals surface area (Å²) in [5.41, 5.74) is 0.717. The van der Waals surface area contributed by atoms with E-state index in [1.807, 2.05) is 20.8 Å². The summed E-state index contributed by atoms with van der Waals surface area (Å²) in [6, 6.07) is 9.89. The third-order valence-electron chi connectivity index (χ3n) is 4.57.